The Bertz CT molecular complexity index is 573. The number of ether oxygens (including phenoxy) is 1. The van der Waals surface area contributed by atoms with Gasteiger partial charge in [-0.15, -0.1) is 0 Å². The third-order valence-electron chi connectivity index (χ3n) is 2.57. The first-order chi connectivity index (χ1) is 9.22. The lowest BCUT2D eigenvalue weighted by Crippen LogP contribution is -2.10. The fourth-order valence-corrected chi connectivity index (χ4v) is 1.68. The van der Waals surface area contributed by atoms with Gasteiger partial charge >= 0.3 is 5.69 Å². The Hall–Kier alpha value is -2.60. The first-order valence-corrected chi connectivity index (χ1v) is 5.63. The summed E-state index contributed by atoms with van der Waals surface area (Å²) in [5.74, 6) is 5.44. The molecule has 0 heterocycles. The second-order valence-corrected chi connectivity index (χ2v) is 3.83. The number of anilines is 1. The number of nitrogens with one attached hydrogen (secondary N) is 1. The predicted molar refractivity (Wildman–Crippen MR) is 71.7 cm³/mol. The van der Waals surface area contributed by atoms with Crippen LogP contribution in [0.5, 0.6) is 5.75 Å². The molecule has 0 saturated heterocycles. The minimum Gasteiger partial charge on any atom is -0.482 e. The number of nitrogens with zero attached hydrogens (tertiary/aromatic N) is 1. The average molecular weight is 259 g/mol. The minimum atomic E-state index is -0.518. The van der Waals surface area contributed by atoms with Gasteiger partial charge in [-0.1, -0.05) is 36.4 Å². The molecule has 2 rings (SSSR count). The summed E-state index contributed by atoms with van der Waals surface area (Å²) in [6.07, 6.45) is 0. The van der Waals surface area contributed by atoms with E-state index in [4.69, 9.17) is 10.6 Å². The highest BCUT2D eigenvalue weighted by atomic mass is 16.6. The number of nitro benzene ring substituents is 1. The lowest BCUT2D eigenvalue weighted by Gasteiger charge is -2.09. The summed E-state index contributed by atoms with van der Waals surface area (Å²) in [7, 11) is 0. The zero-order chi connectivity index (χ0) is 13.7. The molecule has 0 saturated carbocycles. The molecule has 0 aromatic heterocycles. The molecule has 98 valence electrons. The van der Waals surface area contributed by atoms with Crippen molar-refractivity contribution in [2.45, 2.75) is 6.61 Å². The molecule has 0 radical (unpaired) electrons. The molecule has 2 aromatic rings. The largest absolute Gasteiger partial charge is 0.482 e. The van der Waals surface area contributed by atoms with Crippen LogP contribution in [0.2, 0.25) is 0 Å². The normalized spacial score (nSPS) is 9.95. The van der Waals surface area contributed by atoms with E-state index in [-0.39, 0.29) is 23.7 Å². The number of para-hydroxylation sites is 1. The Balaban J connectivity index is 2.23. The van der Waals surface area contributed by atoms with E-state index in [1.54, 1.807) is 12.1 Å². The summed E-state index contributed by atoms with van der Waals surface area (Å²) in [5, 5.41) is 11.0. The minimum absolute atomic E-state index is 0.166. The van der Waals surface area contributed by atoms with Gasteiger partial charge in [0.25, 0.3) is 0 Å². The smallest absolute Gasteiger partial charge is 0.335 e. The summed E-state index contributed by atoms with van der Waals surface area (Å²) in [6.45, 7) is 0.260. The van der Waals surface area contributed by atoms with Gasteiger partial charge in [0.15, 0.2) is 5.75 Å². The van der Waals surface area contributed by atoms with Gasteiger partial charge in [-0.2, -0.15) is 0 Å². The van der Waals surface area contributed by atoms with E-state index in [0.29, 0.717) is 0 Å². The molecular weight excluding hydrogens is 246 g/mol. The lowest BCUT2D eigenvalue weighted by atomic mass is 10.2. The number of benzene rings is 2. The number of rotatable bonds is 5. The van der Waals surface area contributed by atoms with Gasteiger partial charge < -0.3 is 10.2 Å². The highest BCUT2D eigenvalue weighted by Crippen LogP contribution is 2.34. The monoisotopic (exact) mass is 259 g/mol. The van der Waals surface area contributed by atoms with Crippen molar-refractivity contribution >= 4 is 11.4 Å². The molecule has 0 atom stereocenters. The number of hydrazine groups is 1. The molecule has 6 nitrogen and oxygen atoms in total. The van der Waals surface area contributed by atoms with Crippen molar-refractivity contribution in [2.24, 2.45) is 5.84 Å². The van der Waals surface area contributed by atoms with Crippen molar-refractivity contribution in [1.82, 2.24) is 0 Å². The maximum atomic E-state index is 11.0. The first-order valence-electron chi connectivity index (χ1n) is 5.63. The Morgan fingerprint density at radius 1 is 1.16 bits per heavy atom. The van der Waals surface area contributed by atoms with E-state index in [0.717, 1.165) is 5.56 Å². The van der Waals surface area contributed by atoms with E-state index < -0.39 is 4.92 Å². The van der Waals surface area contributed by atoms with Gasteiger partial charge in [0.2, 0.25) is 0 Å². The summed E-state index contributed by atoms with van der Waals surface area (Å²) in [6, 6.07) is 14.1. The fourth-order valence-electron chi connectivity index (χ4n) is 1.68. The van der Waals surface area contributed by atoms with Crippen LogP contribution >= 0.6 is 0 Å². The van der Waals surface area contributed by atoms with Gasteiger partial charge in [-0.05, 0) is 17.7 Å². The topological polar surface area (TPSA) is 90.4 Å². The SMILES string of the molecule is NNc1cccc(OCc2ccccc2)c1[N+](=O)[O-]. The van der Waals surface area contributed by atoms with Crippen molar-refractivity contribution in [1.29, 1.82) is 0 Å². The van der Waals surface area contributed by atoms with Crippen molar-refractivity contribution in [3.8, 4) is 5.75 Å². The molecule has 0 fully saturated rings. The average Bonchev–Trinajstić information content (AvgIpc) is 2.45. The molecular formula is C13H13N3O3. The van der Waals surface area contributed by atoms with Crippen molar-refractivity contribution in [3.63, 3.8) is 0 Å². The number of hydrogen-bond acceptors (Lipinski definition) is 5. The van der Waals surface area contributed by atoms with E-state index in [1.807, 2.05) is 30.3 Å². The highest BCUT2D eigenvalue weighted by Gasteiger charge is 2.20. The summed E-state index contributed by atoms with van der Waals surface area (Å²) in [4.78, 5) is 10.5. The van der Waals surface area contributed by atoms with Gasteiger partial charge in [0, 0.05) is 0 Å². The zero-order valence-electron chi connectivity index (χ0n) is 10.1. The molecule has 19 heavy (non-hydrogen) atoms. The molecule has 0 aliphatic rings. The highest BCUT2D eigenvalue weighted by molar-refractivity contribution is 5.67. The van der Waals surface area contributed by atoms with Crippen LogP contribution in [0.1, 0.15) is 5.56 Å². The van der Waals surface area contributed by atoms with Crippen molar-refractivity contribution in [3.05, 3.63) is 64.2 Å². The summed E-state index contributed by atoms with van der Waals surface area (Å²) in [5.41, 5.74) is 3.28. The quantitative estimate of drug-likeness (QED) is 0.489. The number of hydrogen-bond donors (Lipinski definition) is 2. The van der Waals surface area contributed by atoms with Crippen molar-refractivity contribution in [2.75, 3.05) is 5.43 Å². The molecule has 0 aliphatic heterocycles. The van der Waals surface area contributed by atoms with E-state index >= 15 is 0 Å². The van der Waals surface area contributed by atoms with Crippen LogP contribution in [0, 0.1) is 10.1 Å². The maximum Gasteiger partial charge on any atom is 0.335 e. The molecule has 0 amide bonds. The lowest BCUT2D eigenvalue weighted by molar-refractivity contribution is -0.385. The van der Waals surface area contributed by atoms with Crippen LogP contribution in [0.15, 0.2) is 48.5 Å². The predicted octanol–water partition coefficient (Wildman–Crippen LogP) is 2.46. The molecule has 2 aromatic carbocycles. The van der Waals surface area contributed by atoms with Gasteiger partial charge in [0.05, 0.1) is 4.92 Å². The molecule has 0 unspecified atom stereocenters. The Morgan fingerprint density at radius 2 is 1.89 bits per heavy atom. The third-order valence-corrected chi connectivity index (χ3v) is 2.57. The van der Waals surface area contributed by atoms with Crippen LogP contribution in [0.3, 0.4) is 0 Å². The van der Waals surface area contributed by atoms with E-state index in [2.05, 4.69) is 5.43 Å². The fraction of sp³-hybridized carbons (Fsp3) is 0.0769. The standard InChI is InChI=1S/C13H13N3O3/c14-15-11-7-4-8-12(13(11)16(17)18)19-9-10-5-2-1-3-6-10/h1-8,15H,9,14H2. The second-order valence-electron chi connectivity index (χ2n) is 3.83. The molecule has 0 spiro atoms. The second kappa shape index (κ2) is 5.83. The molecule has 6 heteroatoms. The molecule has 0 bridgehead atoms. The summed E-state index contributed by atoms with van der Waals surface area (Å²) >= 11 is 0. The number of nitro groups is 1. The van der Waals surface area contributed by atoms with Crippen molar-refractivity contribution < 1.29 is 9.66 Å². The Labute approximate surface area is 109 Å². The van der Waals surface area contributed by atoms with E-state index in [9.17, 15) is 10.1 Å². The van der Waals surface area contributed by atoms with Crippen LogP contribution in [-0.4, -0.2) is 4.92 Å². The molecule has 3 N–H and O–H groups in total. The zero-order valence-corrected chi connectivity index (χ0v) is 10.1. The number of nitrogen functional groups attached to an aromatic ring is 1. The van der Waals surface area contributed by atoms with Crippen LogP contribution in [-0.2, 0) is 6.61 Å². The Kier molecular flexibility index (Phi) is 3.94. The van der Waals surface area contributed by atoms with Gasteiger partial charge in [0.1, 0.15) is 12.3 Å². The van der Waals surface area contributed by atoms with Gasteiger partial charge in [-0.3, -0.25) is 16.0 Å². The van der Waals surface area contributed by atoms with Gasteiger partial charge in [-0.25, -0.2) is 0 Å². The number of nitrogens with two attached hydrogens (primary N) is 1. The molecule has 0 aliphatic carbocycles. The van der Waals surface area contributed by atoms with Crippen LogP contribution in [0.25, 0.3) is 0 Å². The van der Waals surface area contributed by atoms with Crippen LogP contribution < -0.4 is 16.0 Å². The summed E-state index contributed by atoms with van der Waals surface area (Å²) < 4.78 is 5.49. The maximum absolute atomic E-state index is 11.0. The van der Waals surface area contributed by atoms with E-state index in [1.165, 1.54) is 6.07 Å². The van der Waals surface area contributed by atoms with Crippen LogP contribution in [0.4, 0.5) is 11.4 Å². The first kappa shape index (κ1) is 12.8. The Morgan fingerprint density at radius 3 is 2.53 bits per heavy atom. The third kappa shape index (κ3) is 2.99.